The zero-order valence-corrected chi connectivity index (χ0v) is 12.2. The van der Waals surface area contributed by atoms with Gasteiger partial charge in [-0.15, -0.1) is 11.6 Å². The fourth-order valence-corrected chi connectivity index (χ4v) is 2.59. The van der Waals surface area contributed by atoms with E-state index in [2.05, 4.69) is 32.9 Å². The Morgan fingerprint density at radius 1 is 1.28 bits per heavy atom. The van der Waals surface area contributed by atoms with Crippen LogP contribution in [-0.4, -0.2) is 24.7 Å². The molecule has 100 valence electrons. The minimum atomic E-state index is 0.00459. The summed E-state index contributed by atoms with van der Waals surface area (Å²) in [5.41, 5.74) is 1.41. The number of rotatable bonds is 3. The van der Waals surface area contributed by atoms with E-state index in [1.165, 1.54) is 5.56 Å². The minimum absolute atomic E-state index is 0.00459. The highest BCUT2D eigenvalue weighted by Gasteiger charge is 2.42. The standard InChI is InChI=1S/C15H21ClO2/c1-15(2,3)10-6-5-7-11(8-10)18-13-9-12(16)14(13)17-4/h5-8,12-14H,9H2,1-4H3. The van der Waals surface area contributed by atoms with Crippen LogP contribution in [-0.2, 0) is 10.2 Å². The van der Waals surface area contributed by atoms with Crippen molar-refractivity contribution >= 4 is 11.6 Å². The molecule has 0 heterocycles. The first-order valence-electron chi connectivity index (χ1n) is 6.36. The van der Waals surface area contributed by atoms with Crippen molar-refractivity contribution in [3.63, 3.8) is 0 Å². The molecular weight excluding hydrogens is 248 g/mol. The van der Waals surface area contributed by atoms with Gasteiger partial charge in [-0.2, -0.15) is 0 Å². The zero-order chi connectivity index (χ0) is 13.3. The van der Waals surface area contributed by atoms with Crippen LogP contribution < -0.4 is 4.74 Å². The molecule has 1 aliphatic carbocycles. The second kappa shape index (κ2) is 5.10. The first kappa shape index (κ1) is 13.7. The van der Waals surface area contributed by atoms with Gasteiger partial charge in [0.15, 0.2) is 0 Å². The van der Waals surface area contributed by atoms with E-state index in [1.54, 1.807) is 7.11 Å². The van der Waals surface area contributed by atoms with Crippen LogP contribution in [0.2, 0.25) is 0 Å². The number of ether oxygens (including phenoxy) is 2. The van der Waals surface area contributed by atoms with E-state index in [0.29, 0.717) is 0 Å². The quantitative estimate of drug-likeness (QED) is 0.777. The first-order valence-corrected chi connectivity index (χ1v) is 6.79. The summed E-state index contributed by atoms with van der Waals surface area (Å²) in [6.07, 6.45) is 0.928. The summed E-state index contributed by atoms with van der Waals surface area (Å²) < 4.78 is 11.3. The second-order valence-corrected chi connectivity index (χ2v) is 6.45. The summed E-state index contributed by atoms with van der Waals surface area (Å²) in [6, 6.07) is 8.26. The molecule has 1 aromatic rings. The highest BCUT2D eigenvalue weighted by atomic mass is 35.5. The molecule has 0 N–H and O–H groups in total. The van der Waals surface area contributed by atoms with Gasteiger partial charge in [0.05, 0.1) is 5.38 Å². The Hall–Kier alpha value is -0.730. The van der Waals surface area contributed by atoms with Gasteiger partial charge >= 0.3 is 0 Å². The number of hydrogen-bond donors (Lipinski definition) is 0. The molecule has 0 radical (unpaired) electrons. The molecule has 0 bridgehead atoms. The van der Waals surface area contributed by atoms with Gasteiger partial charge in [-0.25, -0.2) is 0 Å². The lowest BCUT2D eigenvalue weighted by atomic mass is 9.87. The fourth-order valence-electron chi connectivity index (χ4n) is 2.15. The maximum absolute atomic E-state index is 6.07. The van der Waals surface area contributed by atoms with E-state index in [9.17, 15) is 0 Å². The van der Waals surface area contributed by atoms with Crippen LogP contribution in [0.4, 0.5) is 0 Å². The minimum Gasteiger partial charge on any atom is -0.488 e. The zero-order valence-electron chi connectivity index (χ0n) is 11.4. The van der Waals surface area contributed by atoms with Gasteiger partial charge in [0.25, 0.3) is 0 Å². The van der Waals surface area contributed by atoms with Crippen molar-refractivity contribution in [2.75, 3.05) is 7.11 Å². The van der Waals surface area contributed by atoms with Gasteiger partial charge in [0.1, 0.15) is 18.0 Å². The highest BCUT2D eigenvalue weighted by Crippen LogP contribution is 2.33. The topological polar surface area (TPSA) is 18.5 Å². The average Bonchev–Trinajstić information content (AvgIpc) is 2.28. The summed E-state index contributed by atoms with van der Waals surface area (Å²) in [4.78, 5) is 0. The van der Waals surface area contributed by atoms with E-state index in [0.717, 1.165) is 12.2 Å². The fraction of sp³-hybridized carbons (Fsp3) is 0.600. The van der Waals surface area contributed by atoms with E-state index >= 15 is 0 Å². The molecule has 0 aliphatic heterocycles. The van der Waals surface area contributed by atoms with Gasteiger partial charge in [-0.3, -0.25) is 0 Å². The predicted octanol–water partition coefficient (Wildman–Crippen LogP) is 3.76. The molecule has 1 aromatic carbocycles. The van der Waals surface area contributed by atoms with Crippen molar-refractivity contribution in [3.8, 4) is 5.75 Å². The molecule has 0 aromatic heterocycles. The number of halogens is 1. The summed E-state index contributed by atoms with van der Waals surface area (Å²) in [5, 5.41) is 0.0748. The molecule has 2 nitrogen and oxygen atoms in total. The Labute approximate surface area is 114 Å². The molecule has 3 heteroatoms. The molecule has 0 amide bonds. The van der Waals surface area contributed by atoms with Crippen molar-refractivity contribution < 1.29 is 9.47 Å². The maximum atomic E-state index is 6.07. The van der Waals surface area contributed by atoms with Crippen LogP contribution in [0.5, 0.6) is 5.75 Å². The van der Waals surface area contributed by atoms with Crippen molar-refractivity contribution in [2.24, 2.45) is 0 Å². The predicted molar refractivity (Wildman–Crippen MR) is 74.6 cm³/mol. The Morgan fingerprint density at radius 3 is 2.56 bits per heavy atom. The van der Waals surface area contributed by atoms with E-state index in [4.69, 9.17) is 21.1 Å². The van der Waals surface area contributed by atoms with E-state index in [-0.39, 0.29) is 23.0 Å². The molecule has 1 saturated carbocycles. The highest BCUT2D eigenvalue weighted by molar-refractivity contribution is 6.21. The van der Waals surface area contributed by atoms with Crippen LogP contribution >= 0.6 is 11.6 Å². The van der Waals surface area contributed by atoms with Gasteiger partial charge in [-0.1, -0.05) is 32.9 Å². The normalized spacial score (nSPS) is 27.7. The summed E-state index contributed by atoms with van der Waals surface area (Å²) in [5.74, 6) is 0.901. The van der Waals surface area contributed by atoms with Gasteiger partial charge < -0.3 is 9.47 Å². The number of alkyl halides is 1. The molecule has 3 unspecified atom stereocenters. The largest absolute Gasteiger partial charge is 0.488 e. The molecule has 1 aliphatic rings. The second-order valence-electron chi connectivity index (χ2n) is 5.89. The number of hydrogen-bond acceptors (Lipinski definition) is 2. The summed E-state index contributed by atoms with van der Waals surface area (Å²) in [7, 11) is 1.68. The van der Waals surface area contributed by atoms with E-state index < -0.39 is 0 Å². The van der Waals surface area contributed by atoms with Gasteiger partial charge in [0.2, 0.25) is 0 Å². The van der Waals surface area contributed by atoms with E-state index in [1.807, 2.05) is 12.1 Å². The Bertz CT molecular complexity index is 411. The molecule has 18 heavy (non-hydrogen) atoms. The molecule has 1 fully saturated rings. The monoisotopic (exact) mass is 268 g/mol. The average molecular weight is 269 g/mol. The van der Waals surface area contributed by atoms with Crippen LogP contribution in [0.3, 0.4) is 0 Å². The van der Waals surface area contributed by atoms with Crippen molar-refractivity contribution in [2.45, 2.75) is 50.2 Å². The SMILES string of the molecule is COC1C(Cl)CC1Oc1cccc(C(C)(C)C)c1. The third kappa shape index (κ3) is 2.81. The number of benzene rings is 1. The Morgan fingerprint density at radius 2 is 2.00 bits per heavy atom. The van der Waals surface area contributed by atoms with Crippen molar-refractivity contribution in [1.29, 1.82) is 0 Å². The first-order chi connectivity index (χ1) is 8.41. The Balaban J connectivity index is 2.07. The maximum Gasteiger partial charge on any atom is 0.128 e. The molecule has 3 atom stereocenters. The van der Waals surface area contributed by atoms with Crippen LogP contribution in [0.25, 0.3) is 0 Å². The van der Waals surface area contributed by atoms with Crippen molar-refractivity contribution in [1.82, 2.24) is 0 Å². The van der Waals surface area contributed by atoms with Crippen LogP contribution in [0.15, 0.2) is 24.3 Å². The van der Waals surface area contributed by atoms with Crippen LogP contribution in [0, 0.1) is 0 Å². The number of methoxy groups -OCH3 is 1. The lowest BCUT2D eigenvalue weighted by Crippen LogP contribution is -2.52. The summed E-state index contributed by atoms with van der Waals surface area (Å²) in [6.45, 7) is 6.59. The summed E-state index contributed by atoms with van der Waals surface area (Å²) >= 11 is 6.07. The lowest BCUT2D eigenvalue weighted by Gasteiger charge is -2.39. The smallest absolute Gasteiger partial charge is 0.128 e. The molecule has 0 saturated heterocycles. The molecule has 0 spiro atoms. The lowest BCUT2D eigenvalue weighted by molar-refractivity contribution is -0.0584. The molecule has 2 rings (SSSR count). The van der Waals surface area contributed by atoms with Gasteiger partial charge in [-0.05, 0) is 23.1 Å². The Kier molecular flexibility index (Phi) is 3.88. The van der Waals surface area contributed by atoms with Gasteiger partial charge in [0, 0.05) is 13.5 Å². The van der Waals surface area contributed by atoms with Crippen LogP contribution in [0.1, 0.15) is 32.8 Å². The molecular formula is C15H21ClO2. The third-order valence-corrected chi connectivity index (χ3v) is 3.87. The van der Waals surface area contributed by atoms with Crippen molar-refractivity contribution in [3.05, 3.63) is 29.8 Å². The third-order valence-electron chi connectivity index (χ3n) is 3.44.